The highest BCUT2D eigenvalue weighted by Gasteiger charge is 2.55. The Labute approximate surface area is 106 Å². The molecule has 0 heterocycles. The minimum atomic E-state index is -4.03. The summed E-state index contributed by atoms with van der Waals surface area (Å²) in [5.74, 6) is -0.667. The summed E-state index contributed by atoms with van der Waals surface area (Å²) in [7, 11) is 0. The maximum atomic E-state index is 12.2. The fourth-order valence-corrected chi connectivity index (χ4v) is 2.23. The molecule has 5 heteroatoms. The molecule has 0 aliphatic heterocycles. The van der Waals surface area contributed by atoms with Gasteiger partial charge in [0.15, 0.2) is 0 Å². The van der Waals surface area contributed by atoms with Gasteiger partial charge in [-0.25, -0.2) is 0 Å². The lowest BCUT2D eigenvalue weighted by Crippen LogP contribution is -2.12. The van der Waals surface area contributed by atoms with E-state index in [-0.39, 0.29) is 12.3 Å². The van der Waals surface area contributed by atoms with Crippen LogP contribution in [0.1, 0.15) is 12.8 Å². The number of hydrogen-bond donors (Lipinski definition) is 0. The highest BCUT2D eigenvalue weighted by Crippen LogP contribution is 2.51. The molecule has 1 aliphatic rings. The molecule has 1 fully saturated rings. The monoisotopic (exact) mass is 308 g/mol. The molecule has 1 saturated carbocycles. The van der Waals surface area contributed by atoms with Gasteiger partial charge < -0.3 is 4.74 Å². The number of halogens is 4. The van der Waals surface area contributed by atoms with Crippen LogP contribution >= 0.6 is 15.9 Å². The third-order valence-electron chi connectivity index (χ3n) is 2.90. The summed E-state index contributed by atoms with van der Waals surface area (Å²) in [6.07, 6.45) is -3.30. The van der Waals surface area contributed by atoms with Gasteiger partial charge in [0.05, 0.1) is 12.5 Å². The Morgan fingerprint density at radius 3 is 2.71 bits per heavy atom. The summed E-state index contributed by atoms with van der Waals surface area (Å²) in [6.45, 7) is 0.341. The molecule has 2 rings (SSSR count). The Morgan fingerprint density at radius 1 is 1.35 bits per heavy atom. The summed E-state index contributed by atoms with van der Waals surface area (Å²) < 4.78 is 43.0. The molecule has 2 unspecified atom stereocenters. The SMILES string of the molecule is FC(F)(F)C1CC1CCOc1cccc(Br)c1. The van der Waals surface area contributed by atoms with Crippen molar-refractivity contribution in [3.8, 4) is 5.75 Å². The minimum Gasteiger partial charge on any atom is -0.494 e. The first-order valence-electron chi connectivity index (χ1n) is 5.42. The topological polar surface area (TPSA) is 9.23 Å². The normalized spacial score (nSPS) is 23.5. The number of ether oxygens (including phenoxy) is 1. The molecule has 17 heavy (non-hydrogen) atoms. The molecular formula is C12H12BrF3O. The molecule has 0 N–H and O–H groups in total. The molecular weight excluding hydrogens is 297 g/mol. The van der Waals surface area contributed by atoms with Gasteiger partial charge >= 0.3 is 6.18 Å². The zero-order chi connectivity index (χ0) is 12.5. The van der Waals surface area contributed by atoms with E-state index < -0.39 is 12.1 Å². The van der Waals surface area contributed by atoms with E-state index in [1.165, 1.54) is 0 Å². The molecule has 1 aromatic rings. The Hall–Kier alpha value is -0.710. The van der Waals surface area contributed by atoms with Gasteiger partial charge in [-0.05, 0) is 37.0 Å². The predicted octanol–water partition coefficient (Wildman–Crippen LogP) is 4.42. The summed E-state index contributed by atoms with van der Waals surface area (Å²) in [5.41, 5.74) is 0. The molecule has 94 valence electrons. The molecule has 1 nitrogen and oxygen atoms in total. The Morgan fingerprint density at radius 2 is 2.12 bits per heavy atom. The lowest BCUT2D eigenvalue weighted by Gasteiger charge is -2.07. The van der Waals surface area contributed by atoms with Crippen LogP contribution in [0, 0.1) is 11.8 Å². The average molecular weight is 309 g/mol. The van der Waals surface area contributed by atoms with Gasteiger partial charge in [-0.15, -0.1) is 0 Å². The van der Waals surface area contributed by atoms with Crippen molar-refractivity contribution in [2.24, 2.45) is 11.8 Å². The van der Waals surface area contributed by atoms with Gasteiger partial charge in [0.1, 0.15) is 5.75 Å². The van der Waals surface area contributed by atoms with Crippen molar-refractivity contribution in [3.05, 3.63) is 28.7 Å². The van der Waals surface area contributed by atoms with E-state index >= 15 is 0 Å². The van der Waals surface area contributed by atoms with Crippen LogP contribution in [0.15, 0.2) is 28.7 Å². The fraction of sp³-hybridized carbons (Fsp3) is 0.500. The standard InChI is InChI=1S/C12H12BrF3O/c13-9-2-1-3-10(7-9)17-5-4-8-6-11(8)12(14,15)16/h1-3,7-8,11H,4-6H2. The van der Waals surface area contributed by atoms with Crippen LogP contribution < -0.4 is 4.74 Å². The zero-order valence-corrected chi connectivity index (χ0v) is 10.6. The van der Waals surface area contributed by atoms with E-state index in [0.717, 1.165) is 4.47 Å². The summed E-state index contributed by atoms with van der Waals surface area (Å²) in [4.78, 5) is 0. The molecule has 1 aliphatic carbocycles. The van der Waals surface area contributed by atoms with Gasteiger partial charge in [0, 0.05) is 4.47 Å². The number of alkyl halides is 3. The van der Waals surface area contributed by atoms with Gasteiger partial charge in [0.25, 0.3) is 0 Å². The first-order chi connectivity index (χ1) is 7.97. The largest absolute Gasteiger partial charge is 0.494 e. The number of benzene rings is 1. The Bertz CT molecular complexity index is 392. The summed E-state index contributed by atoms with van der Waals surface area (Å²) in [6, 6.07) is 7.29. The molecule has 0 bridgehead atoms. The van der Waals surface area contributed by atoms with Crippen molar-refractivity contribution < 1.29 is 17.9 Å². The first-order valence-corrected chi connectivity index (χ1v) is 6.21. The van der Waals surface area contributed by atoms with Crippen molar-refractivity contribution in [2.75, 3.05) is 6.61 Å². The molecule has 0 radical (unpaired) electrons. The van der Waals surface area contributed by atoms with Crippen LogP contribution in [0.3, 0.4) is 0 Å². The van der Waals surface area contributed by atoms with E-state index in [4.69, 9.17) is 4.74 Å². The number of rotatable bonds is 4. The van der Waals surface area contributed by atoms with E-state index in [1.54, 1.807) is 12.1 Å². The van der Waals surface area contributed by atoms with Crippen LogP contribution in [0.2, 0.25) is 0 Å². The maximum absolute atomic E-state index is 12.2. The second kappa shape index (κ2) is 4.88. The van der Waals surface area contributed by atoms with Crippen molar-refractivity contribution in [1.29, 1.82) is 0 Å². The van der Waals surface area contributed by atoms with Crippen LogP contribution in [0.5, 0.6) is 5.75 Å². The van der Waals surface area contributed by atoms with Crippen molar-refractivity contribution >= 4 is 15.9 Å². The Kier molecular flexibility index (Phi) is 3.66. The van der Waals surface area contributed by atoms with Crippen LogP contribution in [0.4, 0.5) is 13.2 Å². The highest BCUT2D eigenvalue weighted by molar-refractivity contribution is 9.10. The van der Waals surface area contributed by atoms with Crippen LogP contribution in [-0.4, -0.2) is 12.8 Å². The smallest absolute Gasteiger partial charge is 0.392 e. The molecule has 0 spiro atoms. The van der Waals surface area contributed by atoms with Gasteiger partial charge in [-0.3, -0.25) is 0 Å². The van der Waals surface area contributed by atoms with Gasteiger partial charge in [-0.1, -0.05) is 22.0 Å². The molecule has 1 aromatic carbocycles. The van der Waals surface area contributed by atoms with E-state index in [1.807, 2.05) is 12.1 Å². The van der Waals surface area contributed by atoms with E-state index in [9.17, 15) is 13.2 Å². The zero-order valence-electron chi connectivity index (χ0n) is 9.01. The summed E-state index contributed by atoms with van der Waals surface area (Å²) >= 11 is 3.30. The van der Waals surface area contributed by atoms with Crippen LogP contribution in [0.25, 0.3) is 0 Å². The molecule has 0 saturated heterocycles. The molecule has 2 atom stereocenters. The average Bonchev–Trinajstić information content (AvgIpc) is 2.97. The first kappa shape index (κ1) is 12.7. The lowest BCUT2D eigenvalue weighted by molar-refractivity contribution is -0.151. The second-order valence-corrected chi connectivity index (χ2v) is 5.15. The quantitative estimate of drug-likeness (QED) is 0.800. The third-order valence-corrected chi connectivity index (χ3v) is 3.39. The number of hydrogen-bond acceptors (Lipinski definition) is 1. The molecule has 0 aromatic heterocycles. The molecule has 0 amide bonds. The van der Waals surface area contributed by atoms with Gasteiger partial charge in [-0.2, -0.15) is 13.2 Å². The minimum absolute atomic E-state index is 0.248. The van der Waals surface area contributed by atoms with Crippen molar-refractivity contribution in [1.82, 2.24) is 0 Å². The summed E-state index contributed by atoms with van der Waals surface area (Å²) in [5, 5.41) is 0. The highest BCUT2D eigenvalue weighted by atomic mass is 79.9. The fourth-order valence-electron chi connectivity index (χ4n) is 1.85. The van der Waals surface area contributed by atoms with Gasteiger partial charge in [0.2, 0.25) is 0 Å². The van der Waals surface area contributed by atoms with Crippen molar-refractivity contribution in [3.63, 3.8) is 0 Å². The predicted molar refractivity (Wildman–Crippen MR) is 61.9 cm³/mol. The maximum Gasteiger partial charge on any atom is 0.392 e. The second-order valence-electron chi connectivity index (χ2n) is 4.24. The lowest BCUT2D eigenvalue weighted by atomic mass is 10.2. The van der Waals surface area contributed by atoms with E-state index in [2.05, 4.69) is 15.9 Å². The third kappa shape index (κ3) is 3.63. The van der Waals surface area contributed by atoms with Crippen molar-refractivity contribution in [2.45, 2.75) is 19.0 Å². The van der Waals surface area contributed by atoms with E-state index in [0.29, 0.717) is 18.8 Å². The van der Waals surface area contributed by atoms with Crippen LogP contribution in [-0.2, 0) is 0 Å². The Balaban J connectivity index is 1.71.